The third-order valence-electron chi connectivity index (χ3n) is 4.48. The summed E-state index contributed by atoms with van der Waals surface area (Å²) in [5.41, 5.74) is -1.07. The van der Waals surface area contributed by atoms with Gasteiger partial charge in [-0.25, -0.2) is 8.42 Å². The summed E-state index contributed by atoms with van der Waals surface area (Å²) >= 11 is 0. The Kier molecular flexibility index (Phi) is 4.41. The summed E-state index contributed by atoms with van der Waals surface area (Å²) in [4.78, 5) is 0. The van der Waals surface area contributed by atoms with Crippen molar-refractivity contribution in [3.63, 3.8) is 0 Å². The lowest BCUT2D eigenvalue weighted by Gasteiger charge is -2.41. The van der Waals surface area contributed by atoms with E-state index in [2.05, 4.69) is 5.32 Å². The first-order valence-electron chi connectivity index (χ1n) is 7.65. The SMILES string of the molecule is O=S(=O)(Cc1ccccc1C(F)(F)F)N1CC2CCCC(C1)N2. The summed E-state index contributed by atoms with van der Waals surface area (Å²) in [5, 5.41) is 3.37. The molecule has 2 atom stereocenters. The molecule has 2 saturated heterocycles. The lowest BCUT2D eigenvalue weighted by molar-refractivity contribution is -0.138. The van der Waals surface area contributed by atoms with E-state index in [0.717, 1.165) is 25.3 Å². The number of piperidine rings is 1. The second kappa shape index (κ2) is 6.07. The van der Waals surface area contributed by atoms with E-state index in [9.17, 15) is 21.6 Å². The molecule has 2 heterocycles. The molecule has 2 unspecified atom stereocenters. The molecular weight excluding hydrogens is 329 g/mol. The van der Waals surface area contributed by atoms with Crippen molar-refractivity contribution in [1.29, 1.82) is 0 Å². The molecule has 0 spiro atoms. The van der Waals surface area contributed by atoms with Gasteiger partial charge in [-0.15, -0.1) is 0 Å². The van der Waals surface area contributed by atoms with E-state index < -0.39 is 27.5 Å². The molecule has 1 N–H and O–H groups in total. The lowest BCUT2D eigenvalue weighted by Crippen LogP contribution is -2.59. The average Bonchev–Trinajstić information content (AvgIpc) is 2.46. The summed E-state index contributed by atoms with van der Waals surface area (Å²) < 4.78 is 65.7. The van der Waals surface area contributed by atoms with Crippen LogP contribution in [0.5, 0.6) is 0 Å². The number of benzene rings is 1. The molecule has 23 heavy (non-hydrogen) atoms. The van der Waals surface area contributed by atoms with Crippen LogP contribution in [0.2, 0.25) is 0 Å². The van der Waals surface area contributed by atoms with Gasteiger partial charge in [0, 0.05) is 25.2 Å². The monoisotopic (exact) mass is 348 g/mol. The smallest absolute Gasteiger partial charge is 0.309 e. The Balaban J connectivity index is 1.82. The highest BCUT2D eigenvalue weighted by Gasteiger charge is 2.38. The molecule has 3 rings (SSSR count). The number of hydrogen-bond donors (Lipinski definition) is 1. The van der Waals surface area contributed by atoms with Crippen LogP contribution in [-0.2, 0) is 22.0 Å². The Hall–Kier alpha value is -1.12. The second-order valence-electron chi connectivity index (χ2n) is 6.22. The van der Waals surface area contributed by atoms with Crippen molar-refractivity contribution in [3.05, 3.63) is 35.4 Å². The Morgan fingerprint density at radius 3 is 2.35 bits per heavy atom. The molecular formula is C15H19F3N2O2S. The van der Waals surface area contributed by atoms with E-state index in [0.29, 0.717) is 13.1 Å². The number of alkyl halides is 3. The first-order chi connectivity index (χ1) is 10.8. The zero-order valence-electron chi connectivity index (χ0n) is 12.5. The maximum Gasteiger partial charge on any atom is 0.416 e. The van der Waals surface area contributed by atoms with E-state index >= 15 is 0 Å². The summed E-state index contributed by atoms with van der Waals surface area (Å²) in [6, 6.07) is 5.09. The number of piperazine rings is 1. The van der Waals surface area contributed by atoms with Crippen molar-refractivity contribution in [2.45, 2.75) is 43.3 Å². The molecule has 0 saturated carbocycles. The van der Waals surface area contributed by atoms with E-state index in [-0.39, 0.29) is 17.6 Å². The average molecular weight is 348 g/mol. The van der Waals surface area contributed by atoms with Gasteiger partial charge in [0.05, 0.1) is 11.3 Å². The lowest BCUT2D eigenvalue weighted by atomic mass is 9.96. The van der Waals surface area contributed by atoms with E-state index in [1.807, 2.05) is 0 Å². The van der Waals surface area contributed by atoms with Crippen LogP contribution in [0.25, 0.3) is 0 Å². The third-order valence-corrected chi connectivity index (χ3v) is 6.24. The minimum atomic E-state index is -4.55. The van der Waals surface area contributed by atoms with E-state index in [1.165, 1.54) is 22.5 Å². The van der Waals surface area contributed by atoms with Gasteiger partial charge in [0.1, 0.15) is 0 Å². The van der Waals surface area contributed by atoms with Gasteiger partial charge in [0.15, 0.2) is 0 Å². The van der Waals surface area contributed by atoms with Gasteiger partial charge in [-0.3, -0.25) is 0 Å². The van der Waals surface area contributed by atoms with Crippen LogP contribution in [0.1, 0.15) is 30.4 Å². The van der Waals surface area contributed by atoms with Gasteiger partial charge in [-0.2, -0.15) is 17.5 Å². The van der Waals surface area contributed by atoms with Crippen molar-refractivity contribution in [1.82, 2.24) is 9.62 Å². The van der Waals surface area contributed by atoms with Gasteiger partial charge in [-0.05, 0) is 24.5 Å². The zero-order valence-corrected chi connectivity index (χ0v) is 13.3. The Morgan fingerprint density at radius 2 is 1.74 bits per heavy atom. The number of nitrogens with one attached hydrogen (secondary N) is 1. The molecule has 2 bridgehead atoms. The predicted octanol–water partition coefficient (Wildman–Crippen LogP) is 2.36. The van der Waals surface area contributed by atoms with Crippen molar-refractivity contribution in [2.75, 3.05) is 13.1 Å². The van der Waals surface area contributed by atoms with Gasteiger partial charge in [0.25, 0.3) is 0 Å². The fourth-order valence-corrected chi connectivity index (χ4v) is 5.04. The number of hydrogen-bond acceptors (Lipinski definition) is 3. The van der Waals surface area contributed by atoms with Gasteiger partial charge in [-0.1, -0.05) is 24.6 Å². The van der Waals surface area contributed by atoms with Gasteiger partial charge >= 0.3 is 6.18 Å². The van der Waals surface area contributed by atoms with Crippen molar-refractivity contribution < 1.29 is 21.6 Å². The van der Waals surface area contributed by atoms with E-state index in [4.69, 9.17) is 0 Å². The number of rotatable bonds is 3. The maximum atomic E-state index is 13.0. The summed E-state index contributed by atoms with van der Waals surface area (Å²) in [6.45, 7) is 0.681. The van der Waals surface area contributed by atoms with Gasteiger partial charge < -0.3 is 5.32 Å². The minimum Gasteiger partial charge on any atom is -0.309 e. The summed E-state index contributed by atoms with van der Waals surface area (Å²) in [5.74, 6) is -0.609. The normalized spacial score (nSPS) is 26.2. The molecule has 0 amide bonds. The van der Waals surface area contributed by atoms with Gasteiger partial charge in [0.2, 0.25) is 10.0 Å². The number of fused-ring (bicyclic) bond motifs is 2. The molecule has 4 nitrogen and oxygen atoms in total. The Morgan fingerprint density at radius 1 is 1.13 bits per heavy atom. The molecule has 0 radical (unpaired) electrons. The van der Waals surface area contributed by atoms with Crippen LogP contribution in [0.4, 0.5) is 13.2 Å². The standard InChI is InChI=1S/C15H19F3N2O2S/c16-15(17,18)14-7-2-1-4-11(14)10-23(21,22)20-8-12-5-3-6-13(9-20)19-12/h1-2,4,7,12-13,19H,3,5-6,8-10H2. The summed E-state index contributed by atoms with van der Waals surface area (Å²) in [7, 11) is -3.77. The molecule has 0 aliphatic carbocycles. The van der Waals surface area contributed by atoms with E-state index in [1.54, 1.807) is 0 Å². The van der Waals surface area contributed by atoms with Crippen molar-refractivity contribution in [3.8, 4) is 0 Å². The highest BCUT2D eigenvalue weighted by atomic mass is 32.2. The number of sulfonamides is 1. The Labute approximate surface area is 133 Å². The highest BCUT2D eigenvalue weighted by Crippen LogP contribution is 2.33. The number of halogens is 3. The third kappa shape index (κ3) is 3.70. The zero-order chi connectivity index (χ0) is 16.7. The maximum absolute atomic E-state index is 13.0. The molecule has 2 aliphatic heterocycles. The Bertz CT molecular complexity index is 664. The van der Waals surface area contributed by atoms with Crippen molar-refractivity contribution >= 4 is 10.0 Å². The highest BCUT2D eigenvalue weighted by molar-refractivity contribution is 7.88. The van der Waals surface area contributed by atoms with Crippen LogP contribution in [-0.4, -0.2) is 37.9 Å². The quantitative estimate of drug-likeness (QED) is 0.912. The number of nitrogens with zero attached hydrogens (tertiary/aromatic N) is 1. The molecule has 1 aromatic rings. The largest absolute Gasteiger partial charge is 0.416 e. The first kappa shape index (κ1) is 16.7. The molecule has 2 fully saturated rings. The first-order valence-corrected chi connectivity index (χ1v) is 9.25. The summed E-state index contributed by atoms with van der Waals surface area (Å²) in [6.07, 6.45) is -1.68. The van der Waals surface area contributed by atoms with Crippen LogP contribution < -0.4 is 5.32 Å². The topological polar surface area (TPSA) is 49.4 Å². The second-order valence-corrected chi connectivity index (χ2v) is 8.19. The molecule has 1 aromatic carbocycles. The van der Waals surface area contributed by atoms with Crippen molar-refractivity contribution in [2.24, 2.45) is 0 Å². The van der Waals surface area contributed by atoms with Crippen LogP contribution in [0, 0.1) is 0 Å². The fourth-order valence-electron chi connectivity index (χ4n) is 3.40. The minimum absolute atomic E-state index is 0.107. The van der Waals surface area contributed by atoms with Crippen LogP contribution >= 0.6 is 0 Å². The molecule has 128 valence electrons. The predicted molar refractivity (Wildman–Crippen MR) is 80.2 cm³/mol. The van der Waals surface area contributed by atoms with Crippen LogP contribution in [0.15, 0.2) is 24.3 Å². The molecule has 2 aliphatic rings. The molecule has 8 heteroatoms. The fraction of sp³-hybridized carbons (Fsp3) is 0.600. The molecule has 0 aromatic heterocycles. The van der Waals surface area contributed by atoms with Crippen LogP contribution in [0.3, 0.4) is 0 Å².